The predicted molar refractivity (Wildman–Crippen MR) is 113 cm³/mol. The molecule has 4 nitrogen and oxygen atoms in total. The molecule has 0 spiro atoms. The summed E-state index contributed by atoms with van der Waals surface area (Å²) in [4.78, 5) is 17.5. The van der Waals surface area contributed by atoms with Crippen molar-refractivity contribution in [2.45, 2.75) is 13.5 Å². The number of imidazole rings is 1. The topological polar surface area (TPSA) is 46.9 Å². The first-order valence-electron chi connectivity index (χ1n) is 8.68. The Bertz CT molecular complexity index is 1120. The van der Waals surface area contributed by atoms with E-state index in [-0.39, 0.29) is 12.5 Å². The van der Waals surface area contributed by atoms with Gasteiger partial charge in [0, 0.05) is 15.7 Å². The Morgan fingerprint density at radius 2 is 1.81 bits per heavy atom. The Morgan fingerprint density at radius 3 is 2.59 bits per heavy atom. The van der Waals surface area contributed by atoms with Crippen LogP contribution in [0.1, 0.15) is 5.56 Å². The van der Waals surface area contributed by atoms with E-state index in [4.69, 9.17) is 4.98 Å². The van der Waals surface area contributed by atoms with Crippen LogP contribution >= 0.6 is 15.9 Å². The van der Waals surface area contributed by atoms with Gasteiger partial charge >= 0.3 is 0 Å². The number of hydrogen-bond acceptors (Lipinski definition) is 2. The van der Waals surface area contributed by atoms with Gasteiger partial charge in [-0.15, -0.1) is 0 Å². The largest absolute Gasteiger partial charge is 0.324 e. The third-order valence-electron chi connectivity index (χ3n) is 4.37. The van der Waals surface area contributed by atoms with E-state index < -0.39 is 0 Å². The fourth-order valence-electron chi connectivity index (χ4n) is 3.07. The summed E-state index contributed by atoms with van der Waals surface area (Å²) in [6.07, 6.45) is 0. The highest BCUT2D eigenvalue weighted by Crippen LogP contribution is 2.25. The van der Waals surface area contributed by atoms with E-state index in [1.807, 2.05) is 65.2 Å². The van der Waals surface area contributed by atoms with Crippen molar-refractivity contribution in [2.24, 2.45) is 0 Å². The van der Waals surface area contributed by atoms with Crippen LogP contribution < -0.4 is 5.32 Å². The normalized spacial score (nSPS) is 10.9. The number of aromatic nitrogens is 2. The number of fused-ring (bicyclic) bond motifs is 1. The molecule has 5 heteroatoms. The molecule has 1 heterocycles. The summed E-state index contributed by atoms with van der Waals surface area (Å²) >= 11 is 3.43. The number of rotatable bonds is 4. The van der Waals surface area contributed by atoms with Crippen LogP contribution in [0, 0.1) is 6.92 Å². The zero-order chi connectivity index (χ0) is 18.8. The number of hydrogen-bond donors (Lipinski definition) is 1. The van der Waals surface area contributed by atoms with Crippen molar-refractivity contribution in [1.82, 2.24) is 9.55 Å². The molecule has 0 fully saturated rings. The van der Waals surface area contributed by atoms with Crippen LogP contribution in [0.3, 0.4) is 0 Å². The maximum atomic E-state index is 12.7. The van der Waals surface area contributed by atoms with Crippen molar-refractivity contribution in [3.8, 4) is 11.4 Å². The van der Waals surface area contributed by atoms with E-state index in [0.29, 0.717) is 0 Å². The molecule has 27 heavy (non-hydrogen) atoms. The summed E-state index contributed by atoms with van der Waals surface area (Å²) in [5, 5.41) is 2.96. The lowest BCUT2D eigenvalue weighted by Gasteiger charge is -2.11. The zero-order valence-electron chi connectivity index (χ0n) is 14.8. The molecule has 4 aromatic rings. The SMILES string of the molecule is Cc1ccc(-c2nc3ccccc3n2CC(=O)Nc2cccc(Br)c2)cc1. The van der Waals surface area contributed by atoms with Crippen molar-refractivity contribution in [3.05, 3.63) is 82.8 Å². The van der Waals surface area contributed by atoms with Gasteiger partial charge in [-0.2, -0.15) is 0 Å². The predicted octanol–water partition coefficient (Wildman–Crippen LogP) is 5.41. The third-order valence-corrected chi connectivity index (χ3v) is 4.87. The van der Waals surface area contributed by atoms with Crippen LogP contribution in [-0.4, -0.2) is 15.5 Å². The maximum absolute atomic E-state index is 12.7. The molecule has 0 saturated heterocycles. The number of aryl methyl sites for hydroxylation is 1. The molecular weight excluding hydrogens is 402 g/mol. The van der Waals surface area contributed by atoms with Gasteiger partial charge in [0.1, 0.15) is 12.4 Å². The first-order chi connectivity index (χ1) is 13.1. The van der Waals surface area contributed by atoms with Gasteiger partial charge in [0.05, 0.1) is 11.0 Å². The molecule has 134 valence electrons. The van der Waals surface area contributed by atoms with Crippen LogP contribution in [0.25, 0.3) is 22.4 Å². The maximum Gasteiger partial charge on any atom is 0.244 e. The van der Waals surface area contributed by atoms with E-state index in [1.54, 1.807) is 0 Å². The number of nitrogens with zero attached hydrogens (tertiary/aromatic N) is 2. The van der Waals surface area contributed by atoms with Crippen molar-refractivity contribution < 1.29 is 4.79 Å². The molecule has 0 saturated carbocycles. The summed E-state index contributed by atoms with van der Waals surface area (Å²) in [6.45, 7) is 2.24. The lowest BCUT2D eigenvalue weighted by molar-refractivity contribution is -0.116. The van der Waals surface area contributed by atoms with E-state index in [1.165, 1.54) is 5.56 Å². The minimum atomic E-state index is -0.0929. The zero-order valence-corrected chi connectivity index (χ0v) is 16.4. The van der Waals surface area contributed by atoms with Crippen LogP contribution in [0.15, 0.2) is 77.3 Å². The minimum absolute atomic E-state index is 0.0929. The lowest BCUT2D eigenvalue weighted by Crippen LogP contribution is -2.19. The molecule has 0 radical (unpaired) electrons. The molecule has 0 aliphatic rings. The average Bonchev–Trinajstić information content (AvgIpc) is 3.01. The van der Waals surface area contributed by atoms with E-state index in [9.17, 15) is 4.79 Å². The van der Waals surface area contributed by atoms with Gasteiger partial charge in [0.25, 0.3) is 0 Å². The molecular formula is C22H18BrN3O. The number of carbonyl (C=O) groups excluding carboxylic acids is 1. The van der Waals surface area contributed by atoms with Crippen molar-refractivity contribution in [1.29, 1.82) is 0 Å². The Morgan fingerprint density at radius 1 is 1.04 bits per heavy atom. The average molecular weight is 420 g/mol. The molecule has 1 aromatic heterocycles. The van der Waals surface area contributed by atoms with Gasteiger partial charge in [-0.25, -0.2) is 4.98 Å². The Labute approximate surface area is 166 Å². The van der Waals surface area contributed by atoms with Crippen LogP contribution in [0.4, 0.5) is 5.69 Å². The van der Waals surface area contributed by atoms with Gasteiger partial charge in [-0.3, -0.25) is 4.79 Å². The molecule has 4 rings (SSSR count). The minimum Gasteiger partial charge on any atom is -0.324 e. The summed E-state index contributed by atoms with van der Waals surface area (Å²) in [5.74, 6) is 0.699. The summed E-state index contributed by atoms with van der Waals surface area (Å²) in [7, 11) is 0. The second kappa shape index (κ2) is 7.37. The fraction of sp³-hybridized carbons (Fsp3) is 0.0909. The number of carbonyl (C=O) groups is 1. The van der Waals surface area contributed by atoms with E-state index in [2.05, 4.69) is 40.3 Å². The quantitative estimate of drug-likeness (QED) is 0.480. The molecule has 0 aliphatic carbocycles. The van der Waals surface area contributed by atoms with Crippen LogP contribution in [0.2, 0.25) is 0 Å². The highest BCUT2D eigenvalue weighted by molar-refractivity contribution is 9.10. The van der Waals surface area contributed by atoms with Gasteiger partial charge in [0.15, 0.2) is 0 Å². The molecule has 0 aliphatic heterocycles. The number of amides is 1. The lowest BCUT2D eigenvalue weighted by atomic mass is 10.1. The van der Waals surface area contributed by atoms with E-state index in [0.717, 1.165) is 32.6 Å². The molecule has 1 N–H and O–H groups in total. The smallest absolute Gasteiger partial charge is 0.244 e. The summed E-state index contributed by atoms with van der Waals surface area (Å²) in [6, 6.07) is 23.6. The number of benzene rings is 3. The highest BCUT2D eigenvalue weighted by Gasteiger charge is 2.15. The Hall–Kier alpha value is -2.92. The molecule has 0 unspecified atom stereocenters. The molecule has 0 atom stereocenters. The van der Waals surface area contributed by atoms with Gasteiger partial charge in [-0.1, -0.05) is 64.0 Å². The Balaban J connectivity index is 1.70. The fourth-order valence-corrected chi connectivity index (χ4v) is 3.47. The second-order valence-corrected chi connectivity index (χ2v) is 7.35. The van der Waals surface area contributed by atoms with Crippen molar-refractivity contribution in [2.75, 3.05) is 5.32 Å². The third kappa shape index (κ3) is 3.78. The molecule has 3 aromatic carbocycles. The van der Waals surface area contributed by atoms with Crippen molar-refractivity contribution in [3.63, 3.8) is 0 Å². The van der Waals surface area contributed by atoms with Crippen LogP contribution in [-0.2, 0) is 11.3 Å². The second-order valence-electron chi connectivity index (χ2n) is 6.43. The summed E-state index contributed by atoms with van der Waals surface area (Å²) < 4.78 is 2.89. The van der Waals surface area contributed by atoms with Gasteiger partial charge in [0.2, 0.25) is 5.91 Å². The standard InChI is InChI=1S/C22H18BrN3O/c1-15-9-11-16(12-10-15)22-25-19-7-2-3-8-20(19)26(22)14-21(27)24-18-6-4-5-17(23)13-18/h2-13H,14H2,1H3,(H,24,27). The van der Waals surface area contributed by atoms with E-state index >= 15 is 0 Å². The molecule has 1 amide bonds. The number of para-hydroxylation sites is 2. The highest BCUT2D eigenvalue weighted by atomic mass is 79.9. The first kappa shape index (κ1) is 17.5. The first-order valence-corrected chi connectivity index (χ1v) is 9.47. The van der Waals surface area contributed by atoms with Crippen molar-refractivity contribution >= 4 is 38.6 Å². The number of anilines is 1. The van der Waals surface area contributed by atoms with Gasteiger partial charge in [-0.05, 0) is 37.3 Å². The summed E-state index contributed by atoms with van der Waals surface area (Å²) in [5.41, 5.74) is 4.76. The Kier molecular flexibility index (Phi) is 4.77. The number of halogens is 1. The monoisotopic (exact) mass is 419 g/mol. The van der Waals surface area contributed by atoms with Crippen LogP contribution in [0.5, 0.6) is 0 Å². The number of nitrogens with one attached hydrogen (secondary N) is 1. The molecule has 0 bridgehead atoms. The van der Waals surface area contributed by atoms with Gasteiger partial charge < -0.3 is 9.88 Å².